The number of nitrogens with zero attached hydrogens (tertiary/aromatic N) is 3. The minimum Gasteiger partial charge on any atom is -0.354 e. The summed E-state index contributed by atoms with van der Waals surface area (Å²) in [6.45, 7) is 3.79. The molecule has 2 fully saturated rings. The standard InChI is InChI=1S/C19H30N4O4S.ClH/c1-2-6-16-7-8-17(20-15-16)22-11-13-23(14-12-22)28(26,27)19(18(24)21-25)9-4-3-5-10-19;/h7-8,15,25H,2-6,9-14H2,1H3,(H,21,24);1H. The van der Waals surface area contributed by atoms with Crippen LogP contribution in [0, 0.1) is 0 Å². The smallest absolute Gasteiger partial charge is 0.266 e. The lowest BCUT2D eigenvalue weighted by Crippen LogP contribution is -2.61. The number of amides is 1. The summed E-state index contributed by atoms with van der Waals surface area (Å²) in [5.41, 5.74) is 2.80. The Labute approximate surface area is 179 Å². The van der Waals surface area contributed by atoms with Crippen LogP contribution < -0.4 is 10.4 Å². The summed E-state index contributed by atoms with van der Waals surface area (Å²) < 4.78 is 26.5. The molecule has 0 radical (unpaired) electrons. The van der Waals surface area contributed by atoms with Gasteiger partial charge in [-0.1, -0.05) is 38.7 Å². The van der Waals surface area contributed by atoms with Crippen molar-refractivity contribution in [2.75, 3.05) is 31.1 Å². The van der Waals surface area contributed by atoms with Crippen LogP contribution in [0.1, 0.15) is 51.0 Å². The highest BCUT2D eigenvalue weighted by atomic mass is 35.5. The summed E-state index contributed by atoms with van der Waals surface area (Å²) in [4.78, 5) is 18.9. The maximum Gasteiger partial charge on any atom is 0.266 e. The molecule has 0 aromatic carbocycles. The van der Waals surface area contributed by atoms with Gasteiger partial charge in [-0.2, -0.15) is 4.31 Å². The zero-order valence-electron chi connectivity index (χ0n) is 16.8. The molecule has 0 spiro atoms. The number of aryl methyl sites for hydroxylation is 1. The van der Waals surface area contributed by atoms with Gasteiger partial charge in [0.05, 0.1) is 0 Å². The monoisotopic (exact) mass is 446 g/mol. The van der Waals surface area contributed by atoms with E-state index in [1.165, 1.54) is 9.87 Å². The summed E-state index contributed by atoms with van der Waals surface area (Å²) in [6.07, 6.45) is 6.69. The number of pyridine rings is 1. The Morgan fingerprint density at radius 1 is 1.17 bits per heavy atom. The number of hydrogen-bond donors (Lipinski definition) is 2. The van der Waals surface area contributed by atoms with Crippen molar-refractivity contribution in [3.8, 4) is 0 Å². The molecule has 1 amide bonds. The SMILES string of the molecule is CCCc1ccc(N2CCN(S(=O)(=O)C3(C(=O)NO)CCCCC3)CC2)nc1.Cl. The summed E-state index contributed by atoms with van der Waals surface area (Å²) in [5.74, 6) is 0.0418. The van der Waals surface area contributed by atoms with E-state index >= 15 is 0 Å². The highest BCUT2D eigenvalue weighted by Gasteiger charge is 2.53. The second-order valence-corrected chi connectivity index (χ2v) is 9.91. The van der Waals surface area contributed by atoms with Gasteiger partial charge in [-0.05, 0) is 30.9 Å². The lowest BCUT2D eigenvalue weighted by molar-refractivity contribution is -0.132. The van der Waals surface area contributed by atoms with Crippen molar-refractivity contribution < 1.29 is 18.4 Å². The van der Waals surface area contributed by atoms with Crippen molar-refractivity contribution >= 4 is 34.2 Å². The van der Waals surface area contributed by atoms with Gasteiger partial charge < -0.3 is 4.90 Å². The third-order valence-electron chi connectivity index (χ3n) is 5.92. The Morgan fingerprint density at radius 3 is 2.34 bits per heavy atom. The van der Waals surface area contributed by atoms with Crippen LogP contribution >= 0.6 is 12.4 Å². The molecule has 1 aromatic heterocycles. The summed E-state index contributed by atoms with van der Waals surface area (Å²) in [7, 11) is -3.86. The molecule has 1 aliphatic carbocycles. The van der Waals surface area contributed by atoms with Crippen LogP contribution in [0.5, 0.6) is 0 Å². The first-order valence-corrected chi connectivity index (χ1v) is 11.5. The lowest BCUT2D eigenvalue weighted by atomic mass is 9.88. The topological polar surface area (TPSA) is 103 Å². The minimum absolute atomic E-state index is 0. The number of rotatable bonds is 6. The molecule has 1 saturated carbocycles. The van der Waals surface area contributed by atoms with E-state index in [1.807, 2.05) is 12.3 Å². The number of nitrogens with one attached hydrogen (secondary N) is 1. The van der Waals surface area contributed by atoms with Gasteiger partial charge in [0, 0.05) is 32.4 Å². The number of anilines is 1. The van der Waals surface area contributed by atoms with Crippen molar-refractivity contribution in [3.63, 3.8) is 0 Å². The van der Waals surface area contributed by atoms with Crippen LogP contribution in [0.4, 0.5) is 5.82 Å². The van der Waals surface area contributed by atoms with Crippen LogP contribution in [0.3, 0.4) is 0 Å². The largest absolute Gasteiger partial charge is 0.354 e. The number of carbonyl (C=O) groups is 1. The van der Waals surface area contributed by atoms with Crippen LogP contribution in [-0.4, -0.2) is 59.7 Å². The Bertz CT molecular complexity index is 774. The van der Waals surface area contributed by atoms with E-state index in [2.05, 4.69) is 22.9 Å². The molecule has 8 nitrogen and oxygen atoms in total. The van der Waals surface area contributed by atoms with E-state index in [1.54, 1.807) is 5.48 Å². The molecule has 0 bridgehead atoms. The summed E-state index contributed by atoms with van der Waals surface area (Å²) >= 11 is 0. The number of hydroxylamine groups is 1. The molecule has 0 unspecified atom stereocenters. The van der Waals surface area contributed by atoms with E-state index in [-0.39, 0.29) is 25.2 Å². The third kappa shape index (κ3) is 4.68. The molecule has 10 heteroatoms. The normalized spacial score (nSPS) is 20.0. The zero-order valence-corrected chi connectivity index (χ0v) is 18.5. The fourth-order valence-corrected chi connectivity index (χ4v) is 6.49. The van der Waals surface area contributed by atoms with Crippen molar-refractivity contribution in [2.45, 2.75) is 56.6 Å². The van der Waals surface area contributed by atoms with Gasteiger partial charge in [0.1, 0.15) is 5.82 Å². The third-order valence-corrected chi connectivity index (χ3v) is 8.55. The van der Waals surface area contributed by atoms with E-state index < -0.39 is 20.7 Å². The molecule has 1 saturated heterocycles. The Morgan fingerprint density at radius 2 is 1.83 bits per heavy atom. The van der Waals surface area contributed by atoms with Crippen molar-refractivity contribution in [3.05, 3.63) is 23.9 Å². The Balaban J connectivity index is 0.00000300. The first-order valence-electron chi connectivity index (χ1n) is 10.1. The second-order valence-electron chi connectivity index (χ2n) is 7.66. The van der Waals surface area contributed by atoms with Crippen molar-refractivity contribution in [1.29, 1.82) is 0 Å². The first kappa shape index (κ1) is 23.9. The molecular weight excluding hydrogens is 416 g/mol. The first-order chi connectivity index (χ1) is 13.4. The van der Waals surface area contributed by atoms with Gasteiger partial charge in [0.25, 0.3) is 5.91 Å². The predicted octanol–water partition coefficient (Wildman–Crippen LogP) is 2.12. The number of carbonyl (C=O) groups excluding carboxylic acids is 1. The lowest BCUT2D eigenvalue weighted by Gasteiger charge is -2.41. The number of aromatic nitrogens is 1. The molecule has 164 valence electrons. The minimum atomic E-state index is -3.86. The van der Waals surface area contributed by atoms with Crippen LogP contribution in [0.15, 0.2) is 18.3 Å². The van der Waals surface area contributed by atoms with Crippen molar-refractivity contribution in [1.82, 2.24) is 14.8 Å². The van der Waals surface area contributed by atoms with E-state index in [4.69, 9.17) is 5.21 Å². The van der Waals surface area contributed by atoms with Gasteiger partial charge in [-0.15, -0.1) is 12.4 Å². The molecule has 3 rings (SSSR count). The molecule has 2 heterocycles. The van der Waals surface area contributed by atoms with Crippen LogP contribution in [-0.2, 0) is 21.2 Å². The van der Waals surface area contributed by atoms with Gasteiger partial charge in [-0.25, -0.2) is 18.9 Å². The fourth-order valence-electron chi connectivity index (χ4n) is 4.27. The predicted molar refractivity (Wildman–Crippen MR) is 114 cm³/mol. The summed E-state index contributed by atoms with van der Waals surface area (Å²) in [5, 5.41) is 9.17. The molecule has 29 heavy (non-hydrogen) atoms. The Hall–Kier alpha value is -1.42. The molecule has 2 aliphatic rings. The molecule has 1 aromatic rings. The van der Waals surface area contributed by atoms with Crippen LogP contribution in [0.25, 0.3) is 0 Å². The molecule has 2 N–H and O–H groups in total. The highest BCUT2D eigenvalue weighted by molar-refractivity contribution is 7.91. The van der Waals surface area contributed by atoms with Gasteiger partial charge in [0.15, 0.2) is 4.75 Å². The van der Waals surface area contributed by atoms with Gasteiger partial charge >= 0.3 is 0 Å². The average Bonchev–Trinajstić information content (AvgIpc) is 2.74. The molecular formula is C19H31ClN4O4S. The zero-order chi connectivity index (χ0) is 20.2. The average molecular weight is 447 g/mol. The number of piperazine rings is 1. The maximum absolute atomic E-state index is 13.3. The summed E-state index contributed by atoms with van der Waals surface area (Å²) in [6, 6.07) is 4.05. The maximum atomic E-state index is 13.3. The van der Waals surface area contributed by atoms with Crippen LogP contribution in [0.2, 0.25) is 0 Å². The quantitative estimate of drug-likeness (QED) is 0.512. The Kier molecular flexibility index (Phi) is 8.28. The number of hydrogen-bond acceptors (Lipinski definition) is 6. The second kappa shape index (κ2) is 10.1. The van der Waals surface area contributed by atoms with Crippen molar-refractivity contribution in [2.24, 2.45) is 0 Å². The van der Waals surface area contributed by atoms with E-state index in [0.29, 0.717) is 39.0 Å². The molecule has 0 atom stereocenters. The van der Waals surface area contributed by atoms with E-state index in [9.17, 15) is 13.2 Å². The van der Waals surface area contributed by atoms with Gasteiger partial charge in [-0.3, -0.25) is 10.0 Å². The van der Waals surface area contributed by atoms with E-state index in [0.717, 1.165) is 25.1 Å². The number of sulfonamides is 1. The fraction of sp³-hybridized carbons (Fsp3) is 0.684. The number of halogens is 1. The molecule has 1 aliphatic heterocycles. The highest BCUT2D eigenvalue weighted by Crippen LogP contribution is 2.38. The van der Waals surface area contributed by atoms with Gasteiger partial charge in [0.2, 0.25) is 10.0 Å².